The molecule has 0 bridgehead atoms. The molecule has 6 nitrogen and oxygen atoms in total. The molecule has 1 N–H and O–H groups in total. The molecule has 1 aliphatic carbocycles. The fourth-order valence-electron chi connectivity index (χ4n) is 4.00. The van der Waals surface area contributed by atoms with Crippen LogP contribution in [0.5, 0.6) is 0 Å². The van der Waals surface area contributed by atoms with Crippen molar-refractivity contribution in [1.82, 2.24) is 14.1 Å². The Morgan fingerprint density at radius 3 is 2.78 bits per heavy atom. The van der Waals surface area contributed by atoms with Gasteiger partial charge in [-0.1, -0.05) is 31.4 Å². The Hall–Kier alpha value is -2.89. The van der Waals surface area contributed by atoms with E-state index in [-0.39, 0.29) is 24.2 Å². The van der Waals surface area contributed by atoms with Crippen molar-refractivity contribution in [3.63, 3.8) is 0 Å². The summed E-state index contributed by atoms with van der Waals surface area (Å²) in [7, 11) is 0. The van der Waals surface area contributed by atoms with E-state index in [0.717, 1.165) is 36.9 Å². The molecule has 0 saturated heterocycles. The van der Waals surface area contributed by atoms with Crippen molar-refractivity contribution >= 4 is 22.8 Å². The van der Waals surface area contributed by atoms with Gasteiger partial charge >= 0.3 is 5.69 Å². The van der Waals surface area contributed by atoms with E-state index < -0.39 is 0 Å². The molecule has 27 heavy (non-hydrogen) atoms. The van der Waals surface area contributed by atoms with Crippen LogP contribution in [0.15, 0.2) is 47.4 Å². The molecule has 1 fully saturated rings. The van der Waals surface area contributed by atoms with Crippen LogP contribution in [0.4, 0.5) is 5.69 Å². The normalized spacial score (nSPS) is 15.1. The first-order valence-corrected chi connectivity index (χ1v) is 9.56. The molecule has 1 aliphatic rings. The number of anilines is 1. The quantitative estimate of drug-likeness (QED) is 0.768. The average Bonchev–Trinajstić information content (AvgIpc) is 2.94. The third-order valence-corrected chi connectivity index (χ3v) is 5.27. The van der Waals surface area contributed by atoms with E-state index in [2.05, 4.69) is 10.3 Å². The van der Waals surface area contributed by atoms with Gasteiger partial charge in [0.05, 0.1) is 5.52 Å². The van der Waals surface area contributed by atoms with Crippen molar-refractivity contribution in [2.24, 2.45) is 0 Å². The highest BCUT2D eigenvalue weighted by Gasteiger charge is 2.23. The van der Waals surface area contributed by atoms with Crippen LogP contribution < -0.4 is 11.0 Å². The Labute approximate surface area is 157 Å². The third kappa shape index (κ3) is 3.52. The number of aromatic nitrogens is 3. The summed E-state index contributed by atoms with van der Waals surface area (Å²) in [4.78, 5) is 30.2. The maximum atomic E-state index is 13.1. The number of hydrogen-bond acceptors (Lipinski definition) is 3. The fraction of sp³-hybridized carbons (Fsp3) is 0.381. The molecule has 6 heteroatoms. The minimum atomic E-state index is -0.214. The summed E-state index contributed by atoms with van der Waals surface area (Å²) >= 11 is 0. The van der Waals surface area contributed by atoms with Crippen LogP contribution in [-0.2, 0) is 11.3 Å². The van der Waals surface area contributed by atoms with Gasteiger partial charge in [0.1, 0.15) is 6.54 Å². The standard InChI is InChI=1S/C21H24N4O2/c1-15-7-5-8-16(13-15)23-19(26)14-24-18-11-6-12-22-20(18)25(21(24)27)17-9-3-2-4-10-17/h5-8,11-13,17H,2-4,9-10,14H2,1H3,(H,23,26). The number of carbonyl (C=O) groups excluding carboxylic acids is 1. The molecular formula is C21H24N4O2. The number of amides is 1. The Morgan fingerprint density at radius 1 is 1.19 bits per heavy atom. The number of nitrogens with one attached hydrogen (secondary N) is 1. The van der Waals surface area contributed by atoms with E-state index >= 15 is 0 Å². The number of pyridine rings is 1. The van der Waals surface area contributed by atoms with E-state index in [9.17, 15) is 9.59 Å². The van der Waals surface area contributed by atoms with Gasteiger partial charge in [0.15, 0.2) is 5.65 Å². The van der Waals surface area contributed by atoms with Crippen LogP contribution >= 0.6 is 0 Å². The van der Waals surface area contributed by atoms with E-state index in [1.54, 1.807) is 15.3 Å². The van der Waals surface area contributed by atoms with Gasteiger partial charge < -0.3 is 5.32 Å². The number of imidazole rings is 1. The predicted molar refractivity (Wildman–Crippen MR) is 106 cm³/mol. The molecule has 1 amide bonds. The minimum Gasteiger partial charge on any atom is -0.325 e. The highest BCUT2D eigenvalue weighted by atomic mass is 16.2. The lowest BCUT2D eigenvalue weighted by Gasteiger charge is -2.22. The lowest BCUT2D eigenvalue weighted by molar-refractivity contribution is -0.116. The summed E-state index contributed by atoms with van der Waals surface area (Å²) in [6.07, 6.45) is 7.17. The van der Waals surface area contributed by atoms with Gasteiger partial charge in [-0.2, -0.15) is 0 Å². The highest BCUT2D eigenvalue weighted by Crippen LogP contribution is 2.29. The second kappa shape index (κ2) is 7.39. The lowest BCUT2D eigenvalue weighted by Crippen LogP contribution is -2.31. The summed E-state index contributed by atoms with van der Waals surface area (Å²) < 4.78 is 3.34. The predicted octanol–water partition coefficient (Wildman–Crippen LogP) is 3.65. The van der Waals surface area contributed by atoms with Crippen LogP contribution in [0.25, 0.3) is 11.2 Å². The Balaban J connectivity index is 1.66. The molecular weight excluding hydrogens is 340 g/mol. The number of carbonyl (C=O) groups is 1. The summed E-state index contributed by atoms with van der Waals surface area (Å²) in [6, 6.07) is 11.5. The lowest BCUT2D eigenvalue weighted by atomic mass is 9.95. The molecule has 0 aliphatic heterocycles. The van der Waals surface area contributed by atoms with Crippen molar-refractivity contribution in [2.75, 3.05) is 5.32 Å². The maximum absolute atomic E-state index is 13.1. The molecule has 1 saturated carbocycles. The highest BCUT2D eigenvalue weighted by molar-refractivity contribution is 5.91. The number of hydrogen-bond donors (Lipinski definition) is 1. The second-order valence-corrected chi connectivity index (χ2v) is 7.29. The van der Waals surface area contributed by atoms with Crippen molar-refractivity contribution in [3.05, 3.63) is 58.6 Å². The molecule has 0 spiro atoms. The van der Waals surface area contributed by atoms with Crippen molar-refractivity contribution in [3.8, 4) is 0 Å². The molecule has 1 aromatic carbocycles. The second-order valence-electron chi connectivity index (χ2n) is 7.29. The monoisotopic (exact) mass is 364 g/mol. The molecule has 0 atom stereocenters. The van der Waals surface area contributed by atoms with Gasteiger partial charge in [0, 0.05) is 17.9 Å². The van der Waals surface area contributed by atoms with Crippen molar-refractivity contribution in [1.29, 1.82) is 0 Å². The van der Waals surface area contributed by atoms with Crippen LogP contribution in [0, 0.1) is 6.92 Å². The van der Waals surface area contributed by atoms with E-state index in [1.807, 2.05) is 43.3 Å². The largest absolute Gasteiger partial charge is 0.331 e. The zero-order valence-corrected chi connectivity index (χ0v) is 15.5. The van der Waals surface area contributed by atoms with Crippen molar-refractivity contribution < 1.29 is 4.79 Å². The van der Waals surface area contributed by atoms with Crippen LogP contribution in [0.1, 0.15) is 43.7 Å². The van der Waals surface area contributed by atoms with Gasteiger partial charge in [-0.05, 0) is 49.6 Å². The van der Waals surface area contributed by atoms with Gasteiger partial charge in [0.25, 0.3) is 0 Å². The molecule has 0 unspecified atom stereocenters. The van der Waals surface area contributed by atoms with Crippen molar-refractivity contribution in [2.45, 2.75) is 51.6 Å². The Bertz CT molecular complexity index is 1030. The number of benzene rings is 1. The van der Waals surface area contributed by atoms with Gasteiger partial charge in [-0.15, -0.1) is 0 Å². The topological polar surface area (TPSA) is 68.9 Å². The van der Waals surface area contributed by atoms with Crippen LogP contribution in [-0.4, -0.2) is 20.0 Å². The van der Waals surface area contributed by atoms with Gasteiger partial charge in [0.2, 0.25) is 5.91 Å². The first-order valence-electron chi connectivity index (χ1n) is 9.56. The first kappa shape index (κ1) is 17.5. The zero-order chi connectivity index (χ0) is 18.8. The van der Waals surface area contributed by atoms with E-state index in [4.69, 9.17) is 0 Å². The molecule has 4 rings (SSSR count). The summed E-state index contributed by atoms with van der Waals surface area (Å²) in [5.74, 6) is -0.214. The third-order valence-electron chi connectivity index (χ3n) is 5.27. The summed E-state index contributed by atoms with van der Waals surface area (Å²) in [5, 5.41) is 2.88. The van der Waals surface area contributed by atoms with Crippen LogP contribution in [0.2, 0.25) is 0 Å². The smallest absolute Gasteiger partial charge is 0.325 e. The zero-order valence-electron chi connectivity index (χ0n) is 15.5. The van der Waals surface area contributed by atoms with Gasteiger partial charge in [-0.3, -0.25) is 13.9 Å². The molecule has 3 aromatic rings. The minimum absolute atomic E-state index is 0.0192. The Kier molecular flexibility index (Phi) is 4.79. The summed E-state index contributed by atoms with van der Waals surface area (Å²) in [6.45, 7) is 1.96. The van der Waals surface area contributed by atoms with Crippen LogP contribution in [0.3, 0.4) is 0 Å². The number of aryl methyl sites for hydroxylation is 1. The first-order chi connectivity index (χ1) is 13.1. The van der Waals surface area contributed by atoms with Gasteiger partial charge in [-0.25, -0.2) is 9.78 Å². The molecule has 0 radical (unpaired) electrons. The molecule has 140 valence electrons. The average molecular weight is 364 g/mol. The molecule has 2 aromatic heterocycles. The fourth-order valence-corrected chi connectivity index (χ4v) is 4.00. The Morgan fingerprint density at radius 2 is 2.00 bits per heavy atom. The van der Waals surface area contributed by atoms with E-state index in [0.29, 0.717) is 11.2 Å². The number of fused-ring (bicyclic) bond motifs is 1. The summed E-state index contributed by atoms with van der Waals surface area (Å²) in [5.41, 5.74) is 3.06. The maximum Gasteiger partial charge on any atom is 0.331 e. The number of nitrogens with zero attached hydrogens (tertiary/aromatic N) is 3. The van der Waals surface area contributed by atoms with E-state index in [1.165, 1.54) is 6.42 Å². The SMILES string of the molecule is Cc1cccc(NC(=O)Cn2c(=O)n(C3CCCCC3)c3ncccc32)c1. The molecule has 2 heterocycles. The number of rotatable bonds is 4.